The van der Waals surface area contributed by atoms with Crippen LogP contribution in [0.4, 0.5) is 0 Å². The first-order valence-corrected chi connectivity index (χ1v) is 21.6. The second kappa shape index (κ2) is 39.5. The molecule has 0 rings (SSSR count). The van der Waals surface area contributed by atoms with Gasteiger partial charge < -0.3 is 28.7 Å². The molecule has 0 saturated carbocycles. The minimum absolute atomic E-state index is 0.0625. The van der Waals surface area contributed by atoms with Gasteiger partial charge in [0.2, 0.25) is 0 Å². The van der Waals surface area contributed by atoms with Crippen LogP contribution in [-0.4, -0.2) is 101 Å². The first kappa shape index (κ1) is 50.8. The van der Waals surface area contributed by atoms with Gasteiger partial charge in [0, 0.05) is 25.7 Å². The number of nitrogens with zero attached hydrogens (tertiary/aromatic N) is 2. The lowest BCUT2D eigenvalue weighted by atomic mass is 10.1. The van der Waals surface area contributed by atoms with Crippen molar-refractivity contribution in [3.8, 4) is 0 Å². The van der Waals surface area contributed by atoms with Crippen LogP contribution < -0.4 is 0 Å². The maximum Gasteiger partial charge on any atom is 0.305 e. The molecule has 0 aromatic carbocycles. The van der Waals surface area contributed by atoms with Crippen molar-refractivity contribution in [2.24, 2.45) is 0 Å². The van der Waals surface area contributed by atoms with Gasteiger partial charge in [0.25, 0.3) is 0 Å². The summed E-state index contributed by atoms with van der Waals surface area (Å²) in [5, 5.41) is 0. The van der Waals surface area contributed by atoms with Crippen LogP contribution in [0.1, 0.15) is 186 Å². The van der Waals surface area contributed by atoms with Crippen molar-refractivity contribution in [2.45, 2.75) is 186 Å². The Morgan fingerprint density at radius 2 is 0.604 bits per heavy atom. The summed E-state index contributed by atoms with van der Waals surface area (Å²) < 4.78 is 20.2. The molecule has 0 aliphatic heterocycles. The van der Waals surface area contributed by atoms with Gasteiger partial charge in [-0.15, -0.1) is 0 Å². The van der Waals surface area contributed by atoms with E-state index in [4.69, 9.17) is 9.47 Å². The zero-order valence-electron chi connectivity index (χ0n) is 34.9. The van der Waals surface area contributed by atoms with E-state index in [0.29, 0.717) is 38.9 Å². The van der Waals surface area contributed by atoms with Crippen LogP contribution >= 0.6 is 0 Å². The summed E-state index contributed by atoms with van der Waals surface area (Å²) in [6.45, 7) is 5.68. The average molecular weight is 755 g/mol. The molecule has 0 unspecified atom stereocenters. The number of unbranched alkanes of at least 4 members (excludes halogenated alkanes) is 20. The van der Waals surface area contributed by atoms with Crippen LogP contribution in [-0.2, 0) is 38.1 Å². The quantitative estimate of drug-likeness (QED) is 0.0341. The number of carbonyl (C=O) groups excluding carboxylic acids is 4. The molecule has 312 valence electrons. The van der Waals surface area contributed by atoms with Crippen molar-refractivity contribution in [3.05, 3.63) is 0 Å². The van der Waals surface area contributed by atoms with Crippen LogP contribution in [0, 0.1) is 0 Å². The Labute approximate surface area is 325 Å². The monoisotopic (exact) mass is 755 g/mol. The average Bonchev–Trinajstić information content (AvgIpc) is 3.14. The third-order valence-electron chi connectivity index (χ3n) is 9.82. The first-order valence-electron chi connectivity index (χ1n) is 21.6. The van der Waals surface area contributed by atoms with E-state index in [0.717, 1.165) is 122 Å². The number of methoxy groups -OCH3 is 2. The van der Waals surface area contributed by atoms with Crippen LogP contribution in [0.15, 0.2) is 0 Å². The summed E-state index contributed by atoms with van der Waals surface area (Å²) in [7, 11) is 7.14. The number of esters is 4. The maximum absolute atomic E-state index is 12.1. The van der Waals surface area contributed by atoms with Crippen LogP contribution in [0.25, 0.3) is 0 Å². The van der Waals surface area contributed by atoms with E-state index >= 15 is 0 Å². The molecule has 0 aliphatic carbocycles. The third-order valence-corrected chi connectivity index (χ3v) is 9.82. The Morgan fingerprint density at radius 1 is 0.340 bits per heavy atom. The number of carbonyl (C=O) groups is 4. The van der Waals surface area contributed by atoms with Crippen molar-refractivity contribution in [1.29, 1.82) is 0 Å². The lowest BCUT2D eigenvalue weighted by Gasteiger charge is -2.22. The van der Waals surface area contributed by atoms with Crippen molar-refractivity contribution < 1.29 is 38.1 Å². The Kier molecular flexibility index (Phi) is 37.9. The fourth-order valence-electron chi connectivity index (χ4n) is 6.42. The normalized spacial score (nSPS) is 11.3. The molecular formula is C43H82N2O8. The van der Waals surface area contributed by atoms with Crippen molar-refractivity contribution in [2.75, 3.05) is 67.7 Å². The highest BCUT2D eigenvalue weighted by atomic mass is 16.5. The molecule has 0 aromatic rings. The standard InChI is InChI=1S/C43H82N2O8/c1-44(2)34-24-19-27-37-45(35-25-15-9-13-22-32-42(48)52-38-28-17-7-5-11-20-30-40(46)50-3)36-26-16-10-14-23-33-43(49)53-39-29-18-8-6-12-21-31-41(47)51-4/h5-39H2,1-4H3. The molecule has 0 N–H and O–H groups in total. The van der Waals surface area contributed by atoms with Crippen molar-refractivity contribution in [3.63, 3.8) is 0 Å². The van der Waals surface area contributed by atoms with Gasteiger partial charge in [-0.25, -0.2) is 0 Å². The van der Waals surface area contributed by atoms with Gasteiger partial charge in [0.05, 0.1) is 27.4 Å². The largest absolute Gasteiger partial charge is 0.469 e. The topological polar surface area (TPSA) is 112 Å². The Bertz CT molecular complexity index is 809. The van der Waals surface area contributed by atoms with Crippen molar-refractivity contribution >= 4 is 23.9 Å². The Hall–Kier alpha value is -2.20. The number of hydrogen-bond donors (Lipinski definition) is 0. The van der Waals surface area contributed by atoms with E-state index in [9.17, 15) is 19.2 Å². The molecule has 0 atom stereocenters. The summed E-state index contributed by atoms with van der Waals surface area (Å²) in [5.41, 5.74) is 0. The molecule has 0 aliphatic rings. The highest BCUT2D eigenvalue weighted by molar-refractivity contribution is 5.70. The fraction of sp³-hybridized carbons (Fsp3) is 0.907. The predicted octanol–water partition coefficient (Wildman–Crippen LogP) is 9.60. The molecule has 0 bridgehead atoms. The van der Waals surface area contributed by atoms with E-state index in [-0.39, 0.29) is 23.9 Å². The molecule has 0 heterocycles. The molecule has 10 nitrogen and oxygen atoms in total. The Morgan fingerprint density at radius 3 is 0.943 bits per heavy atom. The maximum atomic E-state index is 12.1. The zero-order chi connectivity index (χ0) is 39.0. The summed E-state index contributed by atoms with van der Waals surface area (Å²) in [5.74, 6) is -0.392. The van der Waals surface area contributed by atoms with Gasteiger partial charge in [0.1, 0.15) is 0 Å². The molecule has 0 saturated heterocycles. The summed E-state index contributed by atoms with van der Waals surface area (Å²) in [6.07, 6.45) is 29.2. The second-order valence-electron chi connectivity index (χ2n) is 15.1. The molecule has 0 aromatic heterocycles. The minimum atomic E-state index is -0.133. The summed E-state index contributed by atoms with van der Waals surface area (Å²) >= 11 is 0. The molecule has 0 amide bonds. The van der Waals surface area contributed by atoms with Gasteiger partial charge in [0.15, 0.2) is 0 Å². The van der Waals surface area contributed by atoms with Crippen LogP contribution in [0.2, 0.25) is 0 Å². The van der Waals surface area contributed by atoms with Gasteiger partial charge >= 0.3 is 23.9 Å². The van der Waals surface area contributed by atoms with Crippen molar-refractivity contribution in [1.82, 2.24) is 9.80 Å². The van der Waals surface area contributed by atoms with E-state index in [2.05, 4.69) is 33.4 Å². The highest BCUT2D eigenvalue weighted by Gasteiger charge is 2.08. The lowest BCUT2D eigenvalue weighted by Crippen LogP contribution is -2.27. The number of ether oxygens (including phenoxy) is 4. The van der Waals surface area contributed by atoms with Gasteiger partial charge in [-0.3, -0.25) is 19.2 Å². The van der Waals surface area contributed by atoms with E-state index in [1.807, 2.05) is 0 Å². The van der Waals surface area contributed by atoms with Gasteiger partial charge in [-0.2, -0.15) is 0 Å². The lowest BCUT2D eigenvalue weighted by molar-refractivity contribution is -0.144. The van der Waals surface area contributed by atoms with Gasteiger partial charge in [-0.1, -0.05) is 96.3 Å². The van der Waals surface area contributed by atoms with E-state index in [1.165, 1.54) is 78.6 Å². The smallest absolute Gasteiger partial charge is 0.305 e. The zero-order valence-corrected chi connectivity index (χ0v) is 34.9. The van der Waals surface area contributed by atoms with E-state index < -0.39 is 0 Å². The van der Waals surface area contributed by atoms with E-state index in [1.54, 1.807) is 0 Å². The summed E-state index contributed by atoms with van der Waals surface area (Å²) in [6, 6.07) is 0. The number of hydrogen-bond acceptors (Lipinski definition) is 10. The molecular weight excluding hydrogens is 672 g/mol. The second-order valence-corrected chi connectivity index (χ2v) is 15.1. The van der Waals surface area contributed by atoms with Crippen LogP contribution in [0.5, 0.6) is 0 Å². The van der Waals surface area contributed by atoms with Gasteiger partial charge in [-0.05, 0) is 104 Å². The molecule has 0 spiro atoms. The molecule has 0 fully saturated rings. The molecule has 10 heteroatoms. The molecule has 0 radical (unpaired) electrons. The predicted molar refractivity (Wildman–Crippen MR) is 215 cm³/mol. The minimum Gasteiger partial charge on any atom is -0.469 e. The highest BCUT2D eigenvalue weighted by Crippen LogP contribution is 2.13. The third kappa shape index (κ3) is 39.3. The SMILES string of the molecule is COC(=O)CCCCCCCCOC(=O)CCCCCCCN(CCCCCCCC(=O)OCCCCCCCCC(=O)OC)CCCCCN(C)C. The fourth-order valence-corrected chi connectivity index (χ4v) is 6.42. The van der Waals surface area contributed by atoms with Crippen LogP contribution in [0.3, 0.4) is 0 Å². The summed E-state index contributed by atoms with van der Waals surface area (Å²) in [4.78, 5) is 51.3. The number of rotatable bonds is 40. The first-order chi connectivity index (χ1) is 25.8. The molecule has 53 heavy (non-hydrogen) atoms. The Balaban J connectivity index is 3.90.